The number of rotatable bonds is 5. The highest BCUT2D eigenvalue weighted by molar-refractivity contribution is 5.94. The van der Waals surface area contributed by atoms with Crippen LogP contribution in [0.25, 0.3) is 0 Å². The number of benzene rings is 1. The Kier molecular flexibility index (Phi) is 5.76. The van der Waals surface area contributed by atoms with Gasteiger partial charge in [0.15, 0.2) is 0 Å². The second-order valence-corrected chi connectivity index (χ2v) is 5.24. The molecule has 0 aliphatic carbocycles. The summed E-state index contributed by atoms with van der Waals surface area (Å²) in [4.78, 5) is 25.3. The third-order valence-electron chi connectivity index (χ3n) is 3.87. The molecule has 0 aliphatic rings. The van der Waals surface area contributed by atoms with Crippen molar-refractivity contribution in [1.82, 2.24) is 4.90 Å². The predicted molar refractivity (Wildman–Crippen MR) is 84.0 cm³/mol. The van der Waals surface area contributed by atoms with Crippen molar-refractivity contribution in [2.24, 2.45) is 0 Å². The van der Waals surface area contributed by atoms with Gasteiger partial charge in [0.05, 0.1) is 5.56 Å². The van der Waals surface area contributed by atoms with Gasteiger partial charge in [-0.2, -0.15) is 0 Å². The van der Waals surface area contributed by atoms with Crippen molar-refractivity contribution in [3.05, 3.63) is 28.8 Å². The molecule has 0 saturated carbocycles. The second kappa shape index (κ2) is 7.11. The zero-order valence-electron chi connectivity index (χ0n) is 13.4. The smallest absolute Gasteiger partial charge is 0.336 e. The molecule has 1 aromatic rings. The van der Waals surface area contributed by atoms with E-state index >= 15 is 0 Å². The van der Waals surface area contributed by atoms with Gasteiger partial charge in [0.1, 0.15) is 0 Å². The summed E-state index contributed by atoms with van der Waals surface area (Å²) < 4.78 is 0. The summed E-state index contributed by atoms with van der Waals surface area (Å²) in [5.74, 6) is -0.985. The molecule has 0 heterocycles. The first kappa shape index (κ1) is 17.0. The summed E-state index contributed by atoms with van der Waals surface area (Å²) in [6.45, 7) is 10.2. The Labute approximate surface area is 126 Å². The molecule has 0 fully saturated rings. The fourth-order valence-corrected chi connectivity index (χ4v) is 2.22. The van der Waals surface area contributed by atoms with E-state index in [-0.39, 0.29) is 17.6 Å². The van der Waals surface area contributed by atoms with E-state index in [4.69, 9.17) is 0 Å². The van der Waals surface area contributed by atoms with E-state index in [2.05, 4.69) is 5.32 Å². The molecule has 2 amide bonds. The minimum atomic E-state index is -0.985. The Morgan fingerprint density at radius 2 is 1.90 bits per heavy atom. The molecule has 1 unspecified atom stereocenters. The molecular weight excluding hydrogens is 268 g/mol. The zero-order chi connectivity index (χ0) is 16.2. The number of amides is 2. The van der Waals surface area contributed by atoms with Gasteiger partial charge in [-0.3, -0.25) is 0 Å². The molecule has 0 aliphatic heterocycles. The van der Waals surface area contributed by atoms with Crippen LogP contribution >= 0.6 is 0 Å². The number of hydrogen-bond acceptors (Lipinski definition) is 2. The van der Waals surface area contributed by atoms with Gasteiger partial charge in [0.25, 0.3) is 0 Å². The van der Waals surface area contributed by atoms with E-state index in [1.165, 1.54) is 6.07 Å². The Morgan fingerprint density at radius 3 is 2.38 bits per heavy atom. The summed E-state index contributed by atoms with van der Waals surface area (Å²) in [6.07, 6.45) is 0.870. The molecule has 1 atom stereocenters. The Balaban J connectivity index is 3.02. The van der Waals surface area contributed by atoms with Crippen molar-refractivity contribution in [2.45, 2.75) is 47.1 Å². The normalized spacial score (nSPS) is 11.9. The number of aryl methyl sites for hydroxylation is 1. The lowest BCUT2D eigenvalue weighted by Crippen LogP contribution is -2.41. The highest BCUT2D eigenvalue weighted by atomic mass is 16.4. The van der Waals surface area contributed by atoms with E-state index in [9.17, 15) is 14.7 Å². The van der Waals surface area contributed by atoms with Crippen molar-refractivity contribution in [1.29, 1.82) is 0 Å². The minimum Gasteiger partial charge on any atom is -0.478 e. The molecule has 116 valence electrons. The van der Waals surface area contributed by atoms with Gasteiger partial charge in [-0.05, 0) is 57.4 Å². The van der Waals surface area contributed by atoms with Gasteiger partial charge in [-0.25, -0.2) is 9.59 Å². The van der Waals surface area contributed by atoms with Crippen LogP contribution < -0.4 is 5.32 Å². The minimum absolute atomic E-state index is 0.139. The number of carboxylic acids is 1. The lowest BCUT2D eigenvalue weighted by molar-refractivity contribution is 0.0696. The van der Waals surface area contributed by atoms with E-state index in [0.717, 1.165) is 17.5 Å². The third kappa shape index (κ3) is 3.97. The van der Waals surface area contributed by atoms with Crippen LogP contribution in [0.5, 0.6) is 0 Å². The average Bonchev–Trinajstić information content (AvgIpc) is 2.42. The van der Waals surface area contributed by atoms with Gasteiger partial charge < -0.3 is 15.3 Å². The van der Waals surface area contributed by atoms with Crippen LogP contribution in [0, 0.1) is 13.8 Å². The van der Waals surface area contributed by atoms with E-state index < -0.39 is 5.97 Å². The molecule has 0 aromatic heterocycles. The molecule has 0 radical (unpaired) electrons. The maximum atomic E-state index is 12.3. The van der Waals surface area contributed by atoms with Crippen LogP contribution in [0.3, 0.4) is 0 Å². The van der Waals surface area contributed by atoms with Gasteiger partial charge >= 0.3 is 12.0 Å². The van der Waals surface area contributed by atoms with Crippen molar-refractivity contribution in [2.75, 3.05) is 11.9 Å². The monoisotopic (exact) mass is 292 g/mol. The first-order chi connectivity index (χ1) is 9.81. The quantitative estimate of drug-likeness (QED) is 0.870. The highest BCUT2D eigenvalue weighted by Gasteiger charge is 2.18. The Bertz CT molecular complexity index is 541. The van der Waals surface area contributed by atoms with E-state index in [1.807, 2.05) is 27.7 Å². The predicted octanol–water partition coefficient (Wildman–Crippen LogP) is 3.65. The topological polar surface area (TPSA) is 69.6 Å². The van der Waals surface area contributed by atoms with Crippen LogP contribution in [0.1, 0.15) is 48.7 Å². The average molecular weight is 292 g/mol. The number of hydrogen-bond donors (Lipinski definition) is 2. The van der Waals surface area contributed by atoms with Crippen LogP contribution in [0.15, 0.2) is 12.1 Å². The first-order valence-corrected chi connectivity index (χ1v) is 7.23. The van der Waals surface area contributed by atoms with Gasteiger partial charge in [-0.1, -0.05) is 6.92 Å². The number of urea groups is 1. The molecule has 5 nitrogen and oxygen atoms in total. The summed E-state index contributed by atoms with van der Waals surface area (Å²) in [6, 6.07) is 3.24. The van der Waals surface area contributed by atoms with Gasteiger partial charge in [0, 0.05) is 18.3 Å². The van der Waals surface area contributed by atoms with Crippen molar-refractivity contribution >= 4 is 17.7 Å². The molecule has 5 heteroatoms. The molecular formula is C16H24N2O3. The first-order valence-electron chi connectivity index (χ1n) is 7.23. The lowest BCUT2D eigenvalue weighted by atomic mass is 10.0. The summed E-state index contributed by atoms with van der Waals surface area (Å²) in [5, 5.41) is 12.0. The highest BCUT2D eigenvalue weighted by Crippen LogP contribution is 2.20. The molecule has 21 heavy (non-hydrogen) atoms. The van der Waals surface area contributed by atoms with Gasteiger partial charge in [0.2, 0.25) is 0 Å². The van der Waals surface area contributed by atoms with E-state index in [0.29, 0.717) is 12.2 Å². The fraction of sp³-hybridized carbons (Fsp3) is 0.500. The maximum absolute atomic E-state index is 12.3. The molecule has 0 spiro atoms. The number of aromatic carboxylic acids is 1. The standard InChI is InChI=1S/C16H24N2O3/c1-6-11(4)18(7-2)16(21)17-13-8-10(3)12(5)14(9-13)15(19)20/h8-9,11H,6-7H2,1-5H3,(H,17,21)(H,19,20). The number of anilines is 1. The second-order valence-electron chi connectivity index (χ2n) is 5.24. The van der Waals surface area contributed by atoms with Crippen LogP contribution in [0.2, 0.25) is 0 Å². The largest absolute Gasteiger partial charge is 0.478 e. The van der Waals surface area contributed by atoms with Crippen LogP contribution in [-0.4, -0.2) is 34.6 Å². The Hall–Kier alpha value is -2.04. The fourth-order valence-electron chi connectivity index (χ4n) is 2.22. The molecule has 2 N–H and O–H groups in total. The maximum Gasteiger partial charge on any atom is 0.336 e. The number of carbonyl (C=O) groups excluding carboxylic acids is 1. The molecule has 0 saturated heterocycles. The number of carboxylic acid groups (broad SMARTS) is 1. The molecule has 0 bridgehead atoms. The summed E-state index contributed by atoms with van der Waals surface area (Å²) in [5.41, 5.74) is 2.30. The lowest BCUT2D eigenvalue weighted by Gasteiger charge is -2.27. The number of nitrogens with zero attached hydrogens (tertiary/aromatic N) is 1. The van der Waals surface area contributed by atoms with Crippen molar-refractivity contribution in [3.63, 3.8) is 0 Å². The third-order valence-corrected chi connectivity index (χ3v) is 3.87. The van der Waals surface area contributed by atoms with Crippen LogP contribution in [-0.2, 0) is 0 Å². The SMILES string of the molecule is CCC(C)N(CC)C(=O)Nc1cc(C)c(C)c(C(=O)O)c1. The summed E-state index contributed by atoms with van der Waals surface area (Å²) >= 11 is 0. The van der Waals surface area contributed by atoms with Crippen LogP contribution in [0.4, 0.5) is 10.5 Å². The van der Waals surface area contributed by atoms with E-state index in [1.54, 1.807) is 17.9 Å². The van der Waals surface area contributed by atoms with Crippen molar-refractivity contribution in [3.8, 4) is 0 Å². The van der Waals surface area contributed by atoms with Crippen molar-refractivity contribution < 1.29 is 14.7 Å². The number of carbonyl (C=O) groups is 2. The Morgan fingerprint density at radius 1 is 1.29 bits per heavy atom. The van der Waals surface area contributed by atoms with Gasteiger partial charge in [-0.15, -0.1) is 0 Å². The molecule has 1 aromatic carbocycles. The zero-order valence-corrected chi connectivity index (χ0v) is 13.4. The molecule has 1 rings (SSSR count). The number of nitrogens with one attached hydrogen (secondary N) is 1. The summed E-state index contributed by atoms with van der Waals surface area (Å²) in [7, 11) is 0.